The van der Waals surface area contributed by atoms with Gasteiger partial charge in [0.15, 0.2) is 5.13 Å². The van der Waals surface area contributed by atoms with Crippen molar-refractivity contribution in [3.05, 3.63) is 63.0 Å². The van der Waals surface area contributed by atoms with E-state index in [0.29, 0.717) is 27.9 Å². The fourth-order valence-electron chi connectivity index (χ4n) is 2.53. The summed E-state index contributed by atoms with van der Waals surface area (Å²) in [5, 5.41) is 12.9. The Labute approximate surface area is 184 Å². The van der Waals surface area contributed by atoms with Crippen LogP contribution in [0.3, 0.4) is 0 Å². The Morgan fingerprint density at radius 1 is 1.21 bits per heavy atom. The first kappa shape index (κ1) is 21.7. The molecule has 0 saturated heterocycles. The van der Waals surface area contributed by atoms with E-state index in [1.165, 1.54) is 0 Å². The van der Waals surface area contributed by atoms with E-state index in [1.807, 2.05) is 0 Å². The van der Waals surface area contributed by atoms with Crippen LogP contribution in [0, 0.1) is 0 Å². The maximum atomic E-state index is 12.9. The molecule has 1 heterocycles. The molecule has 0 aliphatic rings. The summed E-state index contributed by atoms with van der Waals surface area (Å²) in [7, 11) is -1.21. The van der Waals surface area contributed by atoms with Crippen molar-refractivity contribution >= 4 is 67.8 Å². The zero-order valence-electron chi connectivity index (χ0n) is 15.0. The third-order valence-electron chi connectivity index (χ3n) is 3.89. The van der Waals surface area contributed by atoms with E-state index >= 15 is 0 Å². The molecule has 29 heavy (non-hydrogen) atoms. The Kier molecular flexibility index (Phi) is 7.26. The Morgan fingerprint density at radius 2 is 1.90 bits per heavy atom. The van der Waals surface area contributed by atoms with E-state index in [2.05, 4.69) is 10.3 Å². The number of anilines is 3. The lowest BCUT2D eigenvalue weighted by Gasteiger charge is -2.06. The van der Waals surface area contributed by atoms with Gasteiger partial charge in [0.25, 0.3) is 0 Å². The van der Waals surface area contributed by atoms with Crippen molar-refractivity contribution in [1.82, 2.24) is 4.98 Å². The Morgan fingerprint density at radius 3 is 2.59 bits per heavy atom. The number of rotatable bonds is 8. The van der Waals surface area contributed by atoms with Gasteiger partial charge in [0.05, 0.1) is 26.4 Å². The Bertz CT molecular complexity index is 1050. The van der Waals surface area contributed by atoms with Gasteiger partial charge in [-0.05, 0) is 36.8 Å². The van der Waals surface area contributed by atoms with Crippen LogP contribution in [0.2, 0.25) is 10.0 Å². The molecule has 0 spiro atoms. The lowest BCUT2D eigenvalue weighted by Crippen LogP contribution is -2.04. The number of hydrogen-bond donors (Lipinski definition) is 3. The van der Waals surface area contributed by atoms with Crippen LogP contribution >= 0.6 is 34.5 Å². The normalized spacial score (nSPS) is 12.0. The minimum atomic E-state index is -1.21. The minimum Gasteiger partial charge on any atom is -0.396 e. The van der Waals surface area contributed by atoms with E-state index < -0.39 is 16.6 Å². The zero-order chi connectivity index (χ0) is 21.0. The van der Waals surface area contributed by atoms with Crippen molar-refractivity contribution in [1.29, 1.82) is 0 Å². The molecule has 0 bridgehead atoms. The molecule has 10 heteroatoms. The van der Waals surface area contributed by atoms with E-state index in [0.717, 1.165) is 11.3 Å². The predicted octanol–water partition coefficient (Wildman–Crippen LogP) is 4.50. The summed E-state index contributed by atoms with van der Waals surface area (Å²) in [5.74, 6) is 0.0465. The van der Waals surface area contributed by atoms with Gasteiger partial charge in [0.2, 0.25) is 5.78 Å². The second-order valence-corrected chi connectivity index (χ2v) is 9.32. The summed E-state index contributed by atoms with van der Waals surface area (Å²) >= 11 is 13.3. The SMILES string of the molecule is Nc1nc(Nc2cccc(S(=O)CCCO)c2)sc1C(=O)c1c(Cl)cccc1Cl. The van der Waals surface area contributed by atoms with E-state index in [1.54, 1.807) is 42.5 Å². The molecule has 1 aromatic heterocycles. The van der Waals surface area contributed by atoms with Crippen LogP contribution in [0.1, 0.15) is 21.7 Å². The molecule has 0 aliphatic carbocycles. The molecule has 4 N–H and O–H groups in total. The highest BCUT2D eigenvalue weighted by Crippen LogP contribution is 2.34. The first-order valence-corrected chi connectivity index (χ1v) is 11.4. The quantitative estimate of drug-likeness (QED) is 0.419. The molecule has 3 rings (SSSR count). The number of thiazole rings is 1. The average molecular weight is 470 g/mol. The number of benzene rings is 2. The molecule has 3 aromatic rings. The third-order valence-corrected chi connectivity index (χ3v) is 6.94. The molecular formula is C19H17Cl2N3O3S2. The number of nitrogens with zero attached hydrogens (tertiary/aromatic N) is 1. The van der Waals surface area contributed by atoms with Crippen molar-refractivity contribution in [2.75, 3.05) is 23.4 Å². The maximum Gasteiger partial charge on any atom is 0.209 e. The molecule has 0 radical (unpaired) electrons. The average Bonchev–Trinajstić information content (AvgIpc) is 3.06. The second kappa shape index (κ2) is 9.69. The molecule has 152 valence electrons. The van der Waals surface area contributed by atoms with Gasteiger partial charge in [-0.2, -0.15) is 0 Å². The summed E-state index contributed by atoms with van der Waals surface area (Å²) in [4.78, 5) is 17.9. The summed E-state index contributed by atoms with van der Waals surface area (Å²) < 4.78 is 12.2. The topological polar surface area (TPSA) is 105 Å². The number of carbonyl (C=O) groups excluding carboxylic acids is 1. The second-order valence-electron chi connectivity index (χ2n) is 5.94. The van der Waals surface area contributed by atoms with Gasteiger partial charge in [-0.1, -0.05) is 46.7 Å². The summed E-state index contributed by atoms with van der Waals surface area (Å²) in [6, 6.07) is 11.9. The molecule has 6 nitrogen and oxygen atoms in total. The van der Waals surface area contributed by atoms with Crippen molar-refractivity contribution in [2.24, 2.45) is 0 Å². The highest BCUT2D eigenvalue weighted by molar-refractivity contribution is 7.85. The van der Waals surface area contributed by atoms with Gasteiger partial charge in [-0.15, -0.1) is 0 Å². The molecule has 1 unspecified atom stereocenters. The number of aliphatic hydroxyl groups is 1. The highest BCUT2D eigenvalue weighted by Gasteiger charge is 2.22. The van der Waals surface area contributed by atoms with Crippen LogP contribution in [-0.4, -0.2) is 32.4 Å². The van der Waals surface area contributed by atoms with Crippen molar-refractivity contribution in [2.45, 2.75) is 11.3 Å². The van der Waals surface area contributed by atoms with Crippen LogP contribution < -0.4 is 11.1 Å². The molecular weight excluding hydrogens is 453 g/mol. The van der Waals surface area contributed by atoms with Gasteiger partial charge in [0.1, 0.15) is 10.7 Å². The summed E-state index contributed by atoms with van der Waals surface area (Å²) in [6.45, 7) is -0.00563. The Balaban J connectivity index is 1.83. The highest BCUT2D eigenvalue weighted by atomic mass is 35.5. The van der Waals surface area contributed by atoms with Crippen LogP contribution in [0.15, 0.2) is 47.4 Å². The van der Waals surface area contributed by atoms with Crippen LogP contribution in [-0.2, 0) is 10.8 Å². The van der Waals surface area contributed by atoms with Crippen molar-refractivity contribution in [3.8, 4) is 0 Å². The molecule has 0 amide bonds. The van der Waals surface area contributed by atoms with E-state index in [-0.39, 0.29) is 32.9 Å². The zero-order valence-corrected chi connectivity index (χ0v) is 18.2. The smallest absolute Gasteiger partial charge is 0.209 e. The third kappa shape index (κ3) is 5.15. The number of hydrogen-bond acceptors (Lipinski definition) is 7. The van der Waals surface area contributed by atoms with E-state index in [4.69, 9.17) is 34.0 Å². The van der Waals surface area contributed by atoms with E-state index in [9.17, 15) is 9.00 Å². The first-order chi connectivity index (χ1) is 13.9. The number of aromatic nitrogens is 1. The van der Waals surface area contributed by atoms with Crippen LogP contribution in [0.25, 0.3) is 0 Å². The molecule has 0 aliphatic heterocycles. The standard InChI is InChI=1S/C19H17Cl2N3O3S2/c20-13-6-2-7-14(21)15(13)16(26)17-18(22)24-19(28-17)23-11-4-1-5-12(10-11)29(27)9-3-8-25/h1-2,4-7,10,25H,3,8-9,22H2,(H,23,24). The summed E-state index contributed by atoms with van der Waals surface area (Å²) in [6.07, 6.45) is 0.462. The van der Waals surface area contributed by atoms with Gasteiger partial charge >= 0.3 is 0 Å². The number of nitrogens with one attached hydrogen (secondary N) is 1. The van der Waals surface area contributed by atoms with Crippen molar-refractivity contribution < 1.29 is 14.1 Å². The van der Waals surface area contributed by atoms with Gasteiger partial charge in [0, 0.05) is 22.9 Å². The largest absolute Gasteiger partial charge is 0.396 e. The molecule has 1 atom stereocenters. The number of aliphatic hydroxyl groups excluding tert-OH is 1. The lowest BCUT2D eigenvalue weighted by molar-refractivity contribution is 0.104. The number of carbonyl (C=O) groups is 1. The lowest BCUT2D eigenvalue weighted by atomic mass is 10.1. The fraction of sp³-hybridized carbons (Fsp3) is 0.158. The maximum absolute atomic E-state index is 12.9. The minimum absolute atomic E-state index is 0.00563. The fourth-order valence-corrected chi connectivity index (χ4v) is 5.06. The number of nitrogens with two attached hydrogens (primary N) is 1. The number of halogens is 2. The number of nitrogen functional groups attached to an aromatic ring is 1. The van der Waals surface area contributed by atoms with Crippen LogP contribution in [0.4, 0.5) is 16.6 Å². The number of ketones is 1. The molecule has 0 fully saturated rings. The monoisotopic (exact) mass is 469 g/mol. The van der Waals surface area contributed by atoms with Crippen LogP contribution in [0.5, 0.6) is 0 Å². The molecule has 0 saturated carbocycles. The van der Waals surface area contributed by atoms with Gasteiger partial charge in [-0.25, -0.2) is 4.98 Å². The Hall–Kier alpha value is -1.97. The predicted molar refractivity (Wildman–Crippen MR) is 119 cm³/mol. The van der Waals surface area contributed by atoms with Crippen molar-refractivity contribution in [3.63, 3.8) is 0 Å². The van der Waals surface area contributed by atoms with Gasteiger partial charge in [-0.3, -0.25) is 9.00 Å². The summed E-state index contributed by atoms with van der Waals surface area (Å²) in [5.41, 5.74) is 6.78. The molecule has 2 aromatic carbocycles. The first-order valence-electron chi connectivity index (χ1n) is 8.52. The van der Waals surface area contributed by atoms with Gasteiger partial charge < -0.3 is 16.2 Å².